The van der Waals surface area contributed by atoms with E-state index in [1.165, 1.54) is 17.5 Å². The van der Waals surface area contributed by atoms with Crippen LogP contribution in [-0.2, 0) is 16.9 Å². The number of nitrogens with one attached hydrogen (secondary N) is 1. The molecule has 3 rings (SSSR count). The molecular formula is C22H31N3O2. The number of methoxy groups -OCH3 is 1. The van der Waals surface area contributed by atoms with E-state index < -0.39 is 0 Å². The highest BCUT2D eigenvalue weighted by Crippen LogP contribution is 2.37. The zero-order valence-corrected chi connectivity index (χ0v) is 17.0. The molecule has 1 aliphatic carbocycles. The first-order valence-electron chi connectivity index (χ1n) is 9.91. The predicted molar refractivity (Wildman–Crippen MR) is 107 cm³/mol. The van der Waals surface area contributed by atoms with Gasteiger partial charge in [0, 0.05) is 18.7 Å². The summed E-state index contributed by atoms with van der Waals surface area (Å²) in [6, 6.07) is 8.15. The third kappa shape index (κ3) is 4.18. The Kier molecular flexibility index (Phi) is 5.88. The van der Waals surface area contributed by atoms with Crippen molar-refractivity contribution in [2.75, 3.05) is 7.11 Å². The Morgan fingerprint density at radius 1 is 1.15 bits per heavy atom. The fraction of sp³-hybridized carbons (Fsp3) is 0.545. The van der Waals surface area contributed by atoms with Gasteiger partial charge in [0.05, 0.1) is 18.3 Å². The van der Waals surface area contributed by atoms with Crippen molar-refractivity contribution in [1.29, 1.82) is 0 Å². The second kappa shape index (κ2) is 8.15. The lowest BCUT2D eigenvalue weighted by atomic mass is 9.76. The molecule has 1 aliphatic rings. The Morgan fingerprint density at radius 3 is 2.37 bits per heavy atom. The molecule has 1 fully saturated rings. The maximum Gasteiger partial charge on any atom is 0.222 e. The SMILES string of the molecule is COc1ccc(C2(NC(=O)CCn3nc(C)c(C)c3C)CCCCC2)cc1. The van der Waals surface area contributed by atoms with Gasteiger partial charge < -0.3 is 10.1 Å². The molecule has 0 unspecified atom stereocenters. The Bertz CT molecular complexity index is 787. The summed E-state index contributed by atoms with van der Waals surface area (Å²) in [5.41, 5.74) is 4.31. The minimum Gasteiger partial charge on any atom is -0.497 e. The molecule has 146 valence electrons. The molecule has 5 nitrogen and oxygen atoms in total. The van der Waals surface area contributed by atoms with Crippen LogP contribution in [0.15, 0.2) is 24.3 Å². The molecular weight excluding hydrogens is 338 g/mol. The molecule has 0 saturated heterocycles. The van der Waals surface area contributed by atoms with Gasteiger partial charge in [0.1, 0.15) is 5.75 Å². The van der Waals surface area contributed by atoms with E-state index in [4.69, 9.17) is 4.74 Å². The van der Waals surface area contributed by atoms with Crippen molar-refractivity contribution in [3.63, 3.8) is 0 Å². The van der Waals surface area contributed by atoms with Crippen LogP contribution in [-0.4, -0.2) is 22.8 Å². The second-order valence-corrected chi connectivity index (χ2v) is 7.69. The van der Waals surface area contributed by atoms with Crippen LogP contribution in [0.25, 0.3) is 0 Å². The number of carbonyl (C=O) groups excluding carboxylic acids is 1. The molecule has 1 aromatic carbocycles. The smallest absolute Gasteiger partial charge is 0.222 e. The Balaban J connectivity index is 1.71. The number of ether oxygens (including phenoxy) is 1. The summed E-state index contributed by atoms with van der Waals surface area (Å²) < 4.78 is 7.23. The highest BCUT2D eigenvalue weighted by atomic mass is 16.5. The van der Waals surface area contributed by atoms with Crippen LogP contribution in [0.5, 0.6) is 5.75 Å². The van der Waals surface area contributed by atoms with E-state index in [2.05, 4.69) is 36.4 Å². The number of nitrogens with zero attached hydrogens (tertiary/aromatic N) is 2. The number of benzene rings is 1. The molecule has 27 heavy (non-hydrogen) atoms. The lowest BCUT2D eigenvalue weighted by molar-refractivity contribution is -0.123. The molecule has 0 spiro atoms. The molecule has 0 aliphatic heterocycles. The van der Waals surface area contributed by atoms with E-state index in [0.29, 0.717) is 13.0 Å². The number of aryl methyl sites for hydroxylation is 2. The lowest BCUT2D eigenvalue weighted by Gasteiger charge is -2.39. The summed E-state index contributed by atoms with van der Waals surface area (Å²) in [6.45, 7) is 6.77. The number of hydrogen-bond acceptors (Lipinski definition) is 3. The number of hydrogen-bond donors (Lipinski definition) is 1. The van der Waals surface area contributed by atoms with Gasteiger partial charge in [-0.2, -0.15) is 5.10 Å². The third-order valence-corrected chi connectivity index (χ3v) is 6.02. The van der Waals surface area contributed by atoms with Crippen LogP contribution >= 0.6 is 0 Å². The first-order valence-corrected chi connectivity index (χ1v) is 9.91. The van der Waals surface area contributed by atoms with Crippen LogP contribution in [0.3, 0.4) is 0 Å². The van der Waals surface area contributed by atoms with E-state index in [0.717, 1.165) is 42.8 Å². The monoisotopic (exact) mass is 369 g/mol. The molecule has 1 amide bonds. The average molecular weight is 370 g/mol. The highest BCUT2D eigenvalue weighted by Gasteiger charge is 2.35. The number of amides is 1. The van der Waals surface area contributed by atoms with Gasteiger partial charge in [-0.05, 0) is 56.9 Å². The summed E-state index contributed by atoms with van der Waals surface area (Å²) in [5.74, 6) is 0.939. The van der Waals surface area contributed by atoms with E-state index >= 15 is 0 Å². The summed E-state index contributed by atoms with van der Waals surface area (Å²) in [6.07, 6.45) is 5.94. The average Bonchev–Trinajstić information content (AvgIpc) is 2.94. The predicted octanol–water partition coefficient (Wildman–Crippen LogP) is 4.18. The number of aromatic nitrogens is 2. The summed E-state index contributed by atoms with van der Waals surface area (Å²) in [5, 5.41) is 7.92. The minimum absolute atomic E-state index is 0.0953. The topological polar surface area (TPSA) is 56.1 Å². The molecule has 5 heteroatoms. The van der Waals surface area contributed by atoms with Crippen molar-refractivity contribution in [2.24, 2.45) is 0 Å². The standard InChI is InChI=1S/C22H31N3O2/c1-16-17(2)24-25(18(16)3)15-12-21(26)23-22(13-6-5-7-14-22)19-8-10-20(27-4)11-9-19/h8-11H,5-7,12-15H2,1-4H3,(H,23,26). The number of rotatable bonds is 6. The van der Waals surface area contributed by atoms with Gasteiger partial charge in [-0.1, -0.05) is 31.4 Å². The van der Waals surface area contributed by atoms with Crippen LogP contribution in [0.1, 0.15) is 61.0 Å². The first-order chi connectivity index (χ1) is 12.9. The molecule has 1 saturated carbocycles. The van der Waals surface area contributed by atoms with Gasteiger partial charge in [-0.15, -0.1) is 0 Å². The lowest BCUT2D eigenvalue weighted by Crippen LogP contribution is -2.47. The van der Waals surface area contributed by atoms with Gasteiger partial charge in [-0.25, -0.2) is 0 Å². The number of carbonyl (C=O) groups is 1. The Morgan fingerprint density at radius 2 is 1.81 bits per heavy atom. The van der Waals surface area contributed by atoms with Crippen molar-refractivity contribution in [3.8, 4) is 5.75 Å². The third-order valence-electron chi connectivity index (χ3n) is 6.02. The second-order valence-electron chi connectivity index (χ2n) is 7.69. The van der Waals surface area contributed by atoms with E-state index in [-0.39, 0.29) is 11.4 Å². The van der Waals surface area contributed by atoms with Crippen LogP contribution < -0.4 is 10.1 Å². The van der Waals surface area contributed by atoms with Gasteiger partial charge in [0.25, 0.3) is 0 Å². The van der Waals surface area contributed by atoms with Crippen molar-refractivity contribution in [2.45, 2.75) is 71.4 Å². The summed E-state index contributed by atoms with van der Waals surface area (Å²) in [7, 11) is 1.67. The van der Waals surface area contributed by atoms with E-state index in [1.807, 2.05) is 23.7 Å². The van der Waals surface area contributed by atoms with Crippen LogP contribution in [0.4, 0.5) is 0 Å². The summed E-state index contributed by atoms with van der Waals surface area (Å²) in [4.78, 5) is 12.8. The van der Waals surface area contributed by atoms with Gasteiger partial charge >= 0.3 is 0 Å². The molecule has 1 N–H and O–H groups in total. The maximum absolute atomic E-state index is 12.8. The van der Waals surface area contributed by atoms with Crippen molar-refractivity contribution >= 4 is 5.91 Å². The molecule has 2 aromatic rings. The fourth-order valence-electron chi connectivity index (χ4n) is 4.09. The van der Waals surface area contributed by atoms with Crippen molar-refractivity contribution in [1.82, 2.24) is 15.1 Å². The maximum atomic E-state index is 12.8. The molecule has 1 heterocycles. The molecule has 1 aromatic heterocycles. The first kappa shape index (κ1) is 19.5. The van der Waals surface area contributed by atoms with Crippen LogP contribution in [0.2, 0.25) is 0 Å². The Hall–Kier alpha value is -2.30. The molecule has 0 bridgehead atoms. The van der Waals surface area contributed by atoms with Crippen LogP contribution in [0, 0.1) is 20.8 Å². The largest absolute Gasteiger partial charge is 0.497 e. The van der Waals surface area contributed by atoms with Gasteiger partial charge in [0.2, 0.25) is 5.91 Å². The molecule has 0 radical (unpaired) electrons. The highest BCUT2D eigenvalue weighted by molar-refractivity contribution is 5.77. The fourth-order valence-corrected chi connectivity index (χ4v) is 4.09. The normalized spacial score (nSPS) is 16.1. The molecule has 0 atom stereocenters. The van der Waals surface area contributed by atoms with Gasteiger partial charge in [0.15, 0.2) is 0 Å². The minimum atomic E-state index is -0.257. The van der Waals surface area contributed by atoms with Crippen molar-refractivity contribution in [3.05, 3.63) is 46.8 Å². The quantitative estimate of drug-likeness (QED) is 0.831. The van der Waals surface area contributed by atoms with E-state index in [1.54, 1.807) is 7.11 Å². The summed E-state index contributed by atoms with van der Waals surface area (Å²) >= 11 is 0. The van der Waals surface area contributed by atoms with Gasteiger partial charge in [-0.3, -0.25) is 9.48 Å². The van der Waals surface area contributed by atoms with Crippen molar-refractivity contribution < 1.29 is 9.53 Å². The zero-order chi connectivity index (χ0) is 19.4. The van der Waals surface area contributed by atoms with E-state index in [9.17, 15) is 4.79 Å². The Labute approximate surface area is 162 Å². The zero-order valence-electron chi connectivity index (χ0n) is 17.0.